The lowest BCUT2D eigenvalue weighted by atomic mass is 10.1. The zero-order chi connectivity index (χ0) is 14.4. The highest BCUT2D eigenvalue weighted by atomic mass is 16.3. The molecule has 4 nitrogen and oxygen atoms in total. The monoisotopic (exact) mass is 276 g/mol. The fourth-order valence-corrected chi connectivity index (χ4v) is 2.73. The molecule has 1 saturated heterocycles. The molecule has 20 heavy (non-hydrogen) atoms. The van der Waals surface area contributed by atoms with Crippen molar-refractivity contribution in [2.45, 2.75) is 38.3 Å². The van der Waals surface area contributed by atoms with Gasteiger partial charge in [0.05, 0.1) is 18.7 Å². The van der Waals surface area contributed by atoms with E-state index in [0.717, 1.165) is 31.5 Å². The quantitative estimate of drug-likeness (QED) is 0.786. The van der Waals surface area contributed by atoms with Crippen molar-refractivity contribution in [3.05, 3.63) is 35.9 Å². The van der Waals surface area contributed by atoms with Gasteiger partial charge in [0.1, 0.15) is 0 Å². The molecule has 4 heteroatoms. The predicted molar refractivity (Wildman–Crippen MR) is 79.4 cm³/mol. The van der Waals surface area contributed by atoms with Crippen LogP contribution in [0.3, 0.4) is 0 Å². The van der Waals surface area contributed by atoms with Crippen LogP contribution in [0.25, 0.3) is 0 Å². The van der Waals surface area contributed by atoms with Gasteiger partial charge in [-0.05, 0) is 31.4 Å². The summed E-state index contributed by atoms with van der Waals surface area (Å²) in [5, 5.41) is 12.9. The number of nitrogens with one attached hydrogen (secondary N) is 1. The van der Waals surface area contributed by atoms with Crippen LogP contribution in [0, 0.1) is 0 Å². The molecule has 1 aromatic carbocycles. The van der Waals surface area contributed by atoms with Gasteiger partial charge in [0.15, 0.2) is 0 Å². The van der Waals surface area contributed by atoms with Crippen LogP contribution in [0.2, 0.25) is 0 Å². The lowest BCUT2D eigenvalue weighted by Crippen LogP contribution is -2.45. The highest BCUT2D eigenvalue weighted by Gasteiger charge is 2.35. The standard InChI is InChI=1S/C16H24N2O2/c1-2-9-17-15-8-10-18(16(15)20)14(12-19)11-13-6-4-3-5-7-13/h3-7,14-15,17,19H,2,8-12H2,1H3. The van der Waals surface area contributed by atoms with E-state index in [9.17, 15) is 9.90 Å². The number of aliphatic hydroxyl groups is 1. The predicted octanol–water partition coefficient (Wildman–Crippen LogP) is 1.19. The van der Waals surface area contributed by atoms with Gasteiger partial charge < -0.3 is 15.3 Å². The van der Waals surface area contributed by atoms with Gasteiger partial charge in [0.2, 0.25) is 5.91 Å². The molecule has 110 valence electrons. The first-order valence-corrected chi connectivity index (χ1v) is 7.45. The van der Waals surface area contributed by atoms with Crippen LogP contribution in [0.5, 0.6) is 0 Å². The number of rotatable bonds is 7. The van der Waals surface area contributed by atoms with E-state index in [1.54, 1.807) is 0 Å². The molecule has 1 heterocycles. The molecule has 1 aliphatic heterocycles. The number of carbonyl (C=O) groups is 1. The smallest absolute Gasteiger partial charge is 0.240 e. The first-order chi connectivity index (χ1) is 9.76. The Balaban J connectivity index is 1.96. The third-order valence-electron chi connectivity index (χ3n) is 3.85. The SMILES string of the molecule is CCCNC1CCN(C(CO)Cc2ccccc2)C1=O. The van der Waals surface area contributed by atoms with Crippen LogP contribution < -0.4 is 5.32 Å². The van der Waals surface area contributed by atoms with Crippen molar-refractivity contribution in [2.24, 2.45) is 0 Å². The van der Waals surface area contributed by atoms with Gasteiger partial charge in [-0.1, -0.05) is 37.3 Å². The van der Waals surface area contributed by atoms with Crippen LogP contribution in [-0.2, 0) is 11.2 Å². The molecule has 1 aliphatic rings. The van der Waals surface area contributed by atoms with E-state index in [2.05, 4.69) is 12.2 Å². The molecule has 1 amide bonds. The van der Waals surface area contributed by atoms with E-state index in [1.165, 1.54) is 0 Å². The van der Waals surface area contributed by atoms with Crippen molar-refractivity contribution in [1.82, 2.24) is 10.2 Å². The summed E-state index contributed by atoms with van der Waals surface area (Å²) in [4.78, 5) is 14.2. The largest absolute Gasteiger partial charge is 0.394 e. The van der Waals surface area contributed by atoms with Crippen molar-refractivity contribution in [3.8, 4) is 0 Å². The minimum atomic E-state index is -0.113. The Morgan fingerprint density at radius 3 is 2.80 bits per heavy atom. The van der Waals surface area contributed by atoms with Crippen LogP contribution in [0.1, 0.15) is 25.3 Å². The van der Waals surface area contributed by atoms with Gasteiger partial charge in [-0.3, -0.25) is 4.79 Å². The summed E-state index contributed by atoms with van der Waals surface area (Å²) in [5.41, 5.74) is 1.16. The Morgan fingerprint density at radius 2 is 2.15 bits per heavy atom. The van der Waals surface area contributed by atoms with E-state index >= 15 is 0 Å². The summed E-state index contributed by atoms with van der Waals surface area (Å²) in [6.07, 6.45) is 2.57. The van der Waals surface area contributed by atoms with Crippen LogP contribution >= 0.6 is 0 Å². The van der Waals surface area contributed by atoms with Crippen LogP contribution in [0.4, 0.5) is 0 Å². The summed E-state index contributed by atoms with van der Waals surface area (Å²) in [7, 11) is 0. The van der Waals surface area contributed by atoms with E-state index in [4.69, 9.17) is 0 Å². The molecule has 0 bridgehead atoms. The molecule has 2 N–H and O–H groups in total. The first kappa shape index (κ1) is 15.0. The second-order valence-corrected chi connectivity index (χ2v) is 5.35. The van der Waals surface area contributed by atoms with Crippen LogP contribution in [-0.4, -0.2) is 47.7 Å². The number of aliphatic hydroxyl groups excluding tert-OH is 1. The number of amides is 1. The van der Waals surface area contributed by atoms with Crippen molar-refractivity contribution >= 4 is 5.91 Å². The first-order valence-electron chi connectivity index (χ1n) is 7.45. The van der Waals surface area contributed by atoms with E-state index in [0.29, 0.717) is 6.42 Å². The number of likely N-dealkylation sites (tertiary alicyclic amines) is 1. The maximum absolute atomic E-state index is 12.4. The summed E-state index contributed by atoms with van der Waals surface area (Å²) < 4.78 is 0. The Morgan fingerprint density at radius 1 is 1.40 bits per heavy atom. The molecular weight excluding hydrogens is 252 g/mol. The van der Waals surface area contributed by atoms with Gasteiger partial charge in [-0.15, -0.1) is 0 Å². The second-order valence-electron chi connectivity index (χ2n) is 5.35. The molecule has 1 aromatic rings. The van der Waals surface area contributed by atoms with Gasteiger partial charge in [0.25, 0.3) is 0 Å². The number of nitrogens with zero attached hydrogens (tertiary/aromatic N) is 1. The molecule has 0 spiro atoms. The molecule has 2 unspecified atom stereocenters. The summed E-state index contributed by atoms with van der Waals surface area (Å²) in [6.45, 7) is 3.71. The average Bonchev–Trinajstić information content (AvgIpc) is 2.85. The molecule has 0 aliphatic carbocycles. The van der Waals surface area contributed by atoms with Crippen molar-refractivity contribution in [1.29, 1.82) is 0 Å². The Kier molecular flexibility index (Phi) is 5.56. The van der Waals surface area contributed by atoms with Gasteiger partial charge in [-0.2, -0.15) is 0 Å². The molecule has 2 rings (SSSR count). The van der Waals surface area contributed by atoms with Crippen molar-refractivity contribution in [2.75, 3.05) is 19.7 Å². The lowest BCUT2D eigenvalue weighted by Gasteiger charge is -2.26. The molecular formula is C16H24N2O2. The maximum Gasteiger partial charge on any atom is 0.240 e. The Hall–Kier alpha value is -1.39. The molecule has 0 radical (unpaired) electrons. The zero-order valence-electron chi connectivity index (χ0n) is 12.1. The van der Waals surface area contributed by atoms with E-state index in [1.807, 2.05) is 35.2 Å². The summed E-state index contributed by atoms with van der Waals surface area (Å²) >= 11 is 0. The minimum absolute atomic E-state index is 0.0150. The number of benzene rings is 1. The van der Waals surface area contributed by atoms with E-state index < -0.39 is 0 Å². The summed E-state index contributed by atoms with van der Waals surface area (Å²) in [6, 6.07) is 9.84. The van der Waals surface area contributed by atoms with Crippen molar-refractivity contribution < 1.29 is 9.90 Å². The van der Waals surface area contributed by atoms with Gasteiger partial charge in [-0.25, -0.2) is 0 Å². The number of carbonyl (C=O) groups excluding carboxylic acids is 1. The molecule has 0 saturated carbocycles. The third-order valence-corrected chi connectivity index (χ3v) is 3.85. The Bertz CT molecular complexity index is 422. The van der Waals surface area contributed by atoms with Gasteiger partial charge >= 0.3 is 0 Å². The van der Waals surface area contributed by atoms with E-state index in [-0.39, 0.29) is 24.6 Å². The number of hydrogen-bond acceptors (Lipinski definition) is 3. The maximum atomic E-state index is 12.4. The average molecular weight is 276 g/mol. The Labute approximate surface area is 120 Å². The zero-order valence-corrected chi connectivity index (χ0v) is 12.1. The highest BCUT2D eigenvalue weighted by Crippen LogP contribution is 2.17. The van der Waals surface area contributed by atoms with Crippen LogP contribution in [0.15, 0.2) is 30.3 Å². The molecule has 1 fully saturated rings. The lowest BCUT2D eigenvalue weighted by molar-refractivity contribution is -0.132. The fraction of sp³-hybridized carbons (Fsp3) is 0.562. The number of hydrogen-bond donors (Lipinski definition) is 2. The summed E-state index contributed by atoms with van der Waals surface area (Å²) in [5.74, 6) is 0.133. The normalized spacial score (nSPS) is 20.4. The third kappa shape index (κ3) is 3.58. The molecule has 0 aromatic heterocycles. The van der Waals surface area contributed by atoms with Crippen molar-refractivity contribution in [3.63, 3.8) is 0 Å². The minimum Gasteiger partial charge on any atom is -0.394 e. The van der Waals surface area contributed by atoms with Gasteiger partial charge in [0, 0.05) is 6.54 Å². The fourth-order valence-electron chi connectivity index (χ4n) is 2.73. The molecule has 2 atom stereocenters. The second kappa shape index (κ2) is 7.41. The highest BCUT2D eigenvalue weighted by molar-refractivity contribution is 5.84. The topological polar surface area (TPSA) is 52.6 Å².